The van der Waals surface area contributed by atoms with E-state index in [-0.39, 0.29) is 17.7 Å². The topological polar surface area (TPSA) is 77.1 Å². The van der Waals surface area contributed by atoms with Crippen molar-refractivity contribution >= 4 is 10.2 Å². The molecule has 0 aliphatic carbocycles. The number of nitrogens with one attached hydrogen (secondary N) is 1. The largest absolute Gasteiger partial charge is 0.316 e. The Hall–Kier alpha value is -1.77. The summed E-state index contributed by atoms with van der Waals surface area (Å²) in [6.07, 6.45) is 1.04. The third-order valence-electron chi connectivity index (χ3n) is 2.75. The van der Waals surface area contributed by atoms with Crippen molar-refractivity contribution in [3.63, 3.8) is 0 Å². The molecule has 2 aromatic rings. The molecule has 1 aromatic carbocycles. The summed E-state index contributed by atoms with van der Waals surface area (Å²) < 4.78 is 51.7. The van der Waals surface area contributed by atoms with Gasteiger partial charge in [0.1, 0.15) is 11.5 Å². The van der Waals surface area contributed by atoms with Gasteiger partial charge in [0, 0.05) is 23.9 Å². The molecule has 3 N–H and O–H groups in total. The van der Waals surface area contributed by atoms with E-state index >= 15 is 0 Å². The quantitative estimate of drug-likeness (QED) is 0.891. The monoisotopic (exact) mass is 301 g/mol. The molecule has 0 unspecified atom stereocenters. The average molecular weight is 301 g/mol. The summed E-state index contributed by atoms with van der Waals surface area (Å²) in [6.45, 7) is 0.0931. The molecule has 108 valence electrons. The Kier molecular flexibility index (Phi) is 3.89. The van der Waals surface area contributed by atoms with E-state index in [4.69, 9.17) is 5.14 Å². The summed E-state index contributed by atoms with van der Waals surface area (Å²) in [7, 11) is -2.66. The lowest BCUT2D eigenvalue weighted by molar-refractivity contribution is 0.585. The second-order valence-electron chi connectivity index (χ2n) is 4.17. The molecule has 0 amide bonds. The Morgan fingerprint density at radius 3 is 2.50 bits per heavy atom. The van der Waals surface area contributed by atoms with Gasteiger partial charge in [0.2, 0.25) is 0 Å². The van der Waals surface area contributed by atoms with Crippen molar-refractivity contribution in [3.8, 4) is 11.3 Å². The van der Waals surface area contributed by atoms with Crippen LogP contribution in [0.2, 0.25) is 0 Å². The Bertz CT molecular complexity index is 741. The number of aromatic nitrogens is 1. The van der Waals surface area contributed by atoms with E-state index in [1.54, 1.807) is 7.05 Å². The number of nitrogens with zero attached hydrogens (tertiary/aromatic N) is 1. The van der Waals surface area contributed by atoms with Crippen molar-refractivity contribution < 1.29 is 17.2 Å². The van der Waals surface area contributed by atoms with Gasteiger partial charge < -0.3 is 5.32 Å². The highest BCUT2D eigenvalue weighted by atomic mass is 32.2. The Balaban J connectivity index is 2.77. The maximum atomic E-state index is 14.3. The molecule has 20 heavy (non-hydrogen) atoms. The maximum Gasteiger partial charge on any atom is 0.302 e. The lowest BCUT2D eigenvalue weighted by Crippen LogP contribution is -2.22. The summed E-state index contributed by atoms with van der Waals surface area (Å²) in [5.74, 6) is -1.55. The van der Waals surface area contributed by atoms with E-state index in [9.17, 15) is 17.2 Å². The molecule has 2 rings (SSSR count). The van der Waals surface area contributed by atoms with Crippen molar-refractivity contribution in [3.05, 3.63) is 47.7 Å². The fourth-order valence-electron chi connectivity index (χ4n) is 1.92. The van der Waals surface area contributed by atoms with Crippen LogP contribution in [0, 0.1) is 11.6 Å². The van der Waals surface area contributed by atoms with Crippen LogP contribution in [-0.4, -0.2) is 19.4 Å². The van der Waals surface area contributed by atoms with Gasteiger partial charge in [-0.3, -0.25) is 0 Å². The molecule has 0 saturated carbocycles. The third-order valence-corrected chi connectivity index (χ3v) is 3.59. The number of benzene rings is 1. The standard InChI is InChI=1S/C12H13F2N3O2S/c1-16-6-8-7-17(20(15,18)19)12(11(8)14)9-4-2-3-5-10(9)13/h2-5,7,16H,6H2,1H3,(H2,15,18,19). The maximum absolute atomic E-state index is 14.3. The number of nitrogens with two attached hydrogens (primary N) is 1. The lowest BCUT2D eigenvalue weighted by Gasteiger charge is -2.07. The van der Waals surface area contributed by atoms with Crippen molar-refractivity contribution in [2.45, 2.75) is 6.54 Å². The molecular formula is C12H13F2N3O2S. The van der Waals surface area contributed by atoms with Gasteiger partial charge in [-0.2, -0.15) is 8.42 Å². The molecule has 0 atom stereocenters. The number of halogens is 2. The molecule has 0 spiro atoms. The Morgan fingerprint density at radius 1 is 1.30 bits per heavy atom. The van der Waals surface area contributed by atoms with E-state index in [1.807, 2.05) is 0 Å². The summed E-state index contributed by atoms with van der Waals surface area (Å²) in [6, 6.07) is 5.32. The second-order valence-corrected chi connectivity index (χ2v) is 5.59. The van der Waals surface area contributed by atoms with Crippen LogP contribution < -0.4 is 10.5 Å². The van der Waals surface area contributed by atoms with Crippen molar-refractivity contribution in [1.82, 2.24) is 9.29 Å². The Labute approximate surface area is 115 Å². The van der Waals surface area contributed by atoms with Gasteiger partial charge in [0.25, 0.3) is 0 Å². The molecule has 0 bridgehead atoms. The summed E-state index contributed by atoms with van der Waals surface area (Å²) in [4.78, 5) is 0. The van der Waals surface area contributed by atoms with Crippen LogP contribution in [-0.2, 0) is 16.8 Å². The fraction of sp³-hybridized carbons (Fsp3) is 0.167. The van der Waals surface area contributed by atoms with Crippen LogP contribution in [0.15, 0.2) is 30.5 Å². The van der Waals surface area contributed by atoms with Gasteiger partial charge >= 0.3 is 10.2 Å². The minimum absolute atomic E-state index is 0.0831. The van der Waals surface area contributed by atoms with Crippen LogP contribution in [0.4, 0.5) is 8.78 Å². The van der Waals surface area contributed by atoms with E-state index in [1.165, 1.54) is 18.2 Å². The van der Waals surface area contributed by atoms with Gasteiger partial charge in [-0.05, 0) is 19.2 Å². The fourth-order valence-corrected chi connectivity index (χ4v) is 2.62. The van der Waals surface area contributed by atoms with E-state index < -0.39 is 27.5 Å². The molecule has 0 aliphatic rings. The lowest BCUT2D eigenvalue weighted by atomic mass is 10.1. The van der Waals surface area contributed by atoms with Crippen molar-refractivity contribution in [2.24, 2.45) is 5.14 Å². The van der Waals surface area contributed by atoms with Crippen molar-refractivity contribution in [2.75, 3.05) is 7.05 Å². The predicted octanol–water partition coefficient (Wildman–Crippen LogP) is 1.20. The molecule has 5 nitrogen and oxygen atoms in total. The Morgan fingerprint density at radius 2 is 1.95 bits per heavy atom. The van der Waals surface area contributed by atoms with E-state index in [2.05, 4.69) is 5.32 Å². The summed E-state index contributed by atoms with van der Waals surface area (Å²) in [5.41, 5.74) is -0.489. The van der Waals surface area contributed by atoms with Crippen molar-refractivity contribution in [1.29, 1.82) is 0 Å². The molecule has 0 aliphatic heterocycles. The molecule has 0 radical (unpaired) electrons. The smallest absolute Gasteiger partial charge is 0.302 e. The number of hydrogen-bond acceptors (Lipinski definition) is 3. The zero-order chi connectivity index (χ0) is 14.9. The first-order valence-electron chi connectivity index (χ1n) is 5.68. The highest BCUT2D eigenvalue weighted by Gasteiger charge is 2.24. The van der Waals surface area contributed by atoms with E-state index in [0.717, 1.165) is 12.3 Å². The molecule has 1 aromatic heterocycles. The first kappa shape index (κ1) is 14.6. The van der Waals surface area contributed by atoms with Crippen LogP contribution >= 0.6 is 0 Å². The van der Waals surface area contributed by atoms with Gasteiger partial charge in [-0.25, -0.2) is 17.9 Å². The van der Waals surface area contributed by atoms with E-state index in [0.29, 0.717) is 3.97 Å². The second kappa shape index (κ2) is 5.31. The summed E-state index contributed by atoms with van der Waals surface area (Å²) in [5, 5.41) is 7.75. The normalized spacial score (nSPS) is 11.8. The molecule has 0 saturated heterocycles. The summed E-state index contributed by atoms with van der Waals surface area (Å²) >= 11 is 0. The van der Waals surface area contributed by atoms with Gasteiger partial charge in [-0.15, -0.1) is 0 Å². The van der Waals surface area contributed by atoms with Crippen LogP contribution in [0.3, 0.4) is 0 Å². The molecule has 0 fully saturated rings. The molecular weight excluding hydrogens is 288 g/mol. The molecule has 1 heterocycles. The average Bonchev–Trinajstić information content (AvgIpc) is 2.68. The van der Waals surface area contributed by atoms with Gasteiger partial charge in [-0.1, -0.05) is 12.1 Å². The minimum atomic E-state index is -4.24. The minimum Gasteiger partial charge on any atom is -0.316 e. The highest BCUT2D eigenvalue weighted by Crippen LogP contribution is 2.29. The first-order chi connectivity index (χ1) is 9.36. The first-order valence-corrected chi connectivity index (χ1v) is 7.19. The van der Waals surface area contributed by atoms with Crippen LogP contribution in [0.1, 0.15) is 5.56 Å². The third kappa shape index (κ3) is 2.58. The van der Waals surface area contributed by atoms with Gasteiger partial charge in [0.15, 0.2) is 5.82 Å². The number of hydrogen-bond donors (Lipinski definition) is 2. The zero-order valence-corrected chi connectivity index (χ0v) is 11.4. The predicted molar refractivity (Wildman–Crippen MR) is 71.1 cm³/mol. The van der Waals surface area contributed by atoms with Crippen LogP contribution in [0.5, 0.6) is 0 Å². The van der Waals surface area contributed by atoms with Crippen LogP contribution in [0.25, 0.3) is 11.3 Å². The molecule has 8 heteroatoms. The zero-order valence-electron chi connectivity index (χ0n) is 10.6. The SMILES string of the molecule is CNCc1cn(S(N)(=O)=O)c(-c2ccccc2F)c1F. The number of rotatable bonds is 4. The van der Waals surface area contributed by atoms with Gasteiger partial charge in [0.05, 0.1) is 0 Å². The highest BCUT2D eigenvalue weighted by molar-refractivity contribution is 7.87.